The molecule has 4 rings (SSSR count). The number of hydrogen-bond donors (Lipinski definition) is 2. The van der Waals surface area contributed by atoms with Gasteiger partial charge >= 0.3 is 0 Å². The minimum absolute atomic E-state index is 0.114. The van der Waals surface area contributed by atoms with Crippen LogP contribution in [0.15, 0.2) is 53.1 Å². The van der Waals surface area contributed by atoms with Gasteiger partial charge in [0, 0.05) is 10.4 Å². The van der Waals surface area contributed by atoms with Crippen molar-refractivity contribution in [2.75, 3.05) is 5.32 Å². The number of nitriles is 1. The van der Waals surface area contributed by atoms with Crippen LogP contribution < -0.4 is 10.6 Å². The van der Waals surface area contributed by atoms with Gasteiger partial charge in [0.2, 0.25) is 5.78 Å². The predicted octanol–water partition coefficient (Wildman–Crippen LogP) is 4.14. The number of fused-ring (bicyclic) bond motifs is 1. The first-order valence-corrected chi connectivity index (χ1v) is 10.2. The van der Waals surface area contributed by atoms with Crippen molar-refractivity contribution in [1.82, 2.24) is 5.32 Å². The topological polar surface area (TPSA) is 95.1 Å². The second kappa shape index (κ2) is 8.33. The van der Waals surface area contributed by atoms with Gasteiger partial charge in [-0.1, -0.05) is 30.3 Å². The van der Waals surface area contributed by atoms with E-state index in [4.69, 9.17) is 4.42 Å². The highest BCUT2D eigenvalue weighted by Crippen LogP contribution is 2.38. The Hall–Kier alpha value is -3.37. The number of thiophene rings is 1. The summed E-state index contributed by atoms with van der Waals surface area (Å²) in [6, 6.07) is 14.2. The van der Waals surface area contributed by atoms with Crippen molar-refractivity contribution in [3.05, 3.63) is 76.1 Å². The van der Waals surface area contributed by atoms with Gasteiger partial charge in [-0.3, -0.25) is 9.59 Å². The SMILES string of the molecule is N#Cc1c(N[C@@H](NC(=O)c2ccco2)C(=O)c2ccccc2)sc2c1CCCC2. The molecule has 6 nitrogen and oxygen atoms in total. The fraction of sp³-hybridized carbons (Fsp3) is 0.227. The van der Waals surface area contributed by atoms with E-state index in [2.05, 4.69) is 16.7 Å². The van der Waals surface area contributed by atoms with Crippen molar-refractivity contribution in [3.8, 4) is 6.07 Å². The number of carbonyl (C=O) groups is 2. The van der Waals surface area contributed by atoms with E-state index in [0.717, 1.165) is 31.2 Å². The summed E-state index contributed by atoms with van der Waals surface area (Å²) in [6.45, 7) is 0. The van der Waals surface area contributed by atoms with Gasteiger partial charge in [0.05, 0.1) is 11.8 Å². The molecule has 0 fully saturated rings. The lowest BCUT2D eigenvalue weighted by molar-refractivity contribution is 0.0853. The largest absolute Gasteiger partial charge is 0.459 e. The number of amides is 1. The number of nitrogens with zero attached hydrogens (tertiary/aromatic N) is 1. The van der Waals surface area contributed by atoms with Crippen LogP contribution in [0.3, 0.4) is 0 Å². The summed E-state index contributed by atoms with van der Waals surface area (Å²) in [5, 5.41) is 16.1. The molecule has 1 aliphatic rings. The molecule has 1 aliphatic carbocycles. The smallest absolute Gasteiger partial charge is 0.288 e. The van der Waals surface area contributed by atoms with Crippen molar-refractivity contribution < 1.29 is 14.0 Å². The van der Waals surface area contributed by atoms with Gasteiger partial charge in [0.25, 0.3) is 5.91 Å². The minimum Gasteiger partial charge on any atom is -0.459 e. The maximum Gasteiger partial charge on any atom is 0.288 e. The number of Topliss-reactive ketones (excluding diaryl/α,β-unsaturated/α-hetero) is 1. The van der Waals surface area contributed by atoms with E-state index in [1.807, 2.05) is 6.07 Å². The first kappa shape index (κ1) is 19.0. The van der Waals surface area contributed by atoms with E-state index in [1.54, 1.807) is 30.3 Å². The molecular formula is C22H19N3O3S. The first-order valence-electron chi connectivity index (χ1n) is 9.42. The van der Waals surface area contributed by atoms with Crippen LogP contribution in [-0.2, 0) is 12.8 Å². The number of carbonyl (C=O) groups excluding carboxylic acids is 2. The van der Waals surface area contributed by atoms with Crippen molar-refractivity contribution in [1.29, 1.82) is 5.26 Å². The summed E-state index contributed by atoms with van der Waals surface area (Å²) < 4.78 is 5.14. The number of anilines is 1. The van der Waals surface area contributed by atoms with E-state index in [1.165, 1.54) is 28.5 Å². The molecule has 2 heterocycles. The molecular weight excluding hydrogens is 386 g/mol. The molecule has 0 aliphatic heterocycles. The number of aryl methyl sites for hydroxylation is 1. The molecule has 0 saturated heterocycles. The van der Waals surface area contributed by atoms with Crippen molar-refractivity contribution in [3.63, 3.8) is 0 Å². The Balaban J connectivity index is 1.65. The van der Waals surface area contributed by atoms with Crippen LogP contribution in [0, 0.1) is 11.3 Å². The molecule has 1 atom stereocenters. The lowest BCUT2D eigenvalue weighted by Crippen LogP contribution is -2.46. The maximum atomic E-state index is 13.1. The van der Waals surface area contributed by atoms with Crippen LogP contribution in [0.2, 0.25) is 0 Å². The van der Waals surface area contributed by atoms with Crippen LogP contribution in [0.4, 0.5) is 5.00 Å². The summed E-state index contributed by atoms with van der Waals surface area (Å²) >= 11 is 1.49. The second-order valence-corrected chi connectivity index (χ2v) is 7.89. The van der Waals surface area contributed by atoms with Gasteiger partial charge in [0.15, 0.2) is 11.9 Å². The Morgan fingerprint density at radius 1 is 1.10 bits per heavy atom. The van der Waals surface area contributed by atoms with Gasteiger partial charge in [0.1, 0.15) is 11.1 Å². The van der Waals surface area contributed by atoms with E-state index in [-0.39, 0.29) is 11.5 Å². The average molecular weight is 405 g/mol. The van der Waals surface area contributed by atoms with Crippen molar-refractivity contribution in [2.24, 2.45) is 0 Å². The molecule has 0 bridgehead atoms. The number of benzene rings is 1. The third kappa shape index (κ3) is 3.93. The summed E-state index contributed by atoms with van der Waals surface area (Å²) in [7, 11) is 0. The third-order valence-electron chi connectivity index (χ3n) is 4.90. The molecule has 7 heteroatoms. The molecule has 3 aromatic rings. The predicted molar refractivity (Wildman–Crippen MR) is 110 cm³/mol. The quantitative estimate of drug-likeness (QED) is 0.475. The number of hydrogen-bond acceptors (Lipinski definition) is 6. The number of nitrogens with one attached hydrogen (secondary N) is 2. The molecule has 0 unspecified atom stereocenters. The highest BCUT2D eigenvalue weighted by Gasteiger charge is 2.27. The molecule has 146 valence electrons. The zero-order valence-electron chi connectivity index (χ0n) is 15.6. The fourth-order valence-electron chi connectivity index (χ4n) is 3.46. The molecule has 1 aromatic carbocycles. The number of rotatable bonds is 6. The fourth-order valence-corrected chi connectivity index (χ4v) is 4.73. The molecule has 2 N–H and O–H groups in total. The van der Waals surface area contributed by atoms with Crippen molar-refractivity contribution in [2.45, 2.75) is 31.8 Å². The van der Waals surface area contributed by atoms with Gasteiger partial charge in [-0.05, 0) is 43.4 Å². The third-order valence-corrected chi connectivity index (χ3v) is 6.12. The zero-order chi connectivity index (χ0) is 20.2. The normalized spacial score (nSPS) is 13.8. The zero-order valence-corrected chi connectivity index (χ0v) is 16.4. The van der Waals surface area contributed by atoms with Crippen LogP contribution in [0.1, 0.15) is 49.8 Å². The molecule has 2 aromatic heterocycles. The number of furan rings is 1. The van der Waals surface area contributed by atoms with E-state index in [0.29, 0.717) is 16.1 Å². The van der Waals surface area contributed by atoms with Crippen LogP contribution in [-0.4, -0.2) is 17.9 Å². The lowest BCUT2D eigenvalue weighted by Gasteiger charge is -2.19. The van der Waals surface area contributed by atoms with Gasteiger partial charge < -0.3 is 15.1 Å². The monoisotopic (exact) mass is 405 g/mol. The highest BCUT2D eigenvalue weighted by molar-refractivity contribution is 7.16. The second-order valence-electron chi connectivity index (χ2n) is 6.79. The first-order chi connectivity index (χ1) is 14.2. The van der Waals surface area contributed by atoms with Gasteiger partial charge in [-0.25, -0.2) is 0 Å². The maximum absolute atomic E-state index is 13.1. The van der Waals surface area contributed by atoms with Crippen LogP contribution in [0.25, 0.3) is 0 Å². The lowest BCUT2D eigenvalue weighted by atomic mass is 9.96. The Morgan fingerprint density at radius 2 is 1.90 bits per heavy atom. The van der Waals surface area contributed by atoms with Gasteiger partial charge in [-0.2, -0.15) is 5.26 Å². The standard InChI is InChI=1S/C22H19N3O3S/c23-13-16-15-9-4-5-11-18(15)29-22(16)25-20(19(26)14-7-2-1-3-8-14)24-21(27)17-10-6-12-28-17/h1-3,6-8,10,12,20,25H,4-5,9,11H2,(H,24,27)/t20-/m1/s1. The summed E-state index contributed by atoms with van der Waals surface area (Å²) in [5.74, 6) is -0.680. The van der Waals surface area contributed by atoms with Crippen molar-refractivity contribution >= 4 is 28.0 Å². The Kier molecular flexibility index (Phi) is 5.45. The Labute approximate surface area is 172 Å². The summed E-state index contributed by atoms with van der Waals surface area (Å²) in [6.07, 6.45) is 4.33. The molecule has 29 heavy (non-hydrogen) atoms. The van der Waals surface area contributed by atoms with E-state index < -0.39 is 12.1 Å². The average Bonchev–Trinajstić information content (AvgIpc) is 3.41. The summed E-state index contributed by atoms with van der Waals surface area (Å²) in [5.41, 5.74) is 2.10. The molecule has 1 amide bonds. The highest BCUT2D eigenvalue weighted by atomic mass is 32.1. The Morgan fingerprint density at radius 3 is 2.62 bits per heavy atom. The van der Waals surface area contributed by atoms with E-state index >= 15 is 0 Å². The molecule has 0 saturated carbocycles. The summed E-state index contributed by atoms with van der Waals surface area (Å²) in [4.78, 5) is 26.8. The molecule has 0 radical (unpaired) electrons. The van der Waals surface area contributed by atoms with Crippen LogP contribution in [0.5, 0.6) is 0 Å². The Bertz CT molecular complexity index is 1060. The van der Waals surface area contributed by atoms with Crippen LogP contribution >= 0.6 is 11.3 Å². The molecule has 0 spiro atoms. The van der Waals surface area contributed by atoms with Gasteiger partial charge in [-0.15, -0.1) is 11.3 Å². The number of ketones is 1. The minimum atomic E-state index is -1.03. The van der Waals surface area contributed by atoms with E-state index in [9.17, 15) is 14.9 Å².